The van der Waals surface area contributed by atoms with Crippen LogP contribution in [0.5, 0.6) is 0 Å². The number of aromatic nitrogens is 1. The number of rotatable bonds is 10. The standard InChI is InChI=1S/C27H31N3O4S/c1-19-8-6-12-24(20(19)2)29-25(31)15-30(14-23-11-7-13-33-23)26(32)18-35-17-22-16-34-27(28-22)21-9-4-3-5-10-21/h3-6,8-10,12,16,23H,7,11,13-15,17-18H2,1-2H3,(H,29,31). The summed E-state index contributed by atoms with van der Waals surface area (Å²) in [5.41, 5.74) is 4.59. The Kier molecular flexibility index (Phi) is 8.60. The van der Waals surface area contributed by atoms with Gasteiger partial charge in [-0.15, -0.1) is 11.8 Å². The molecule has 2 amide bonds. The molecule has 2 aromatic carbocycles. The van der Waals surface area contributed by atoms with Gasteiger partial charge in [0.15, 0.2) is 0 Å². The van der Waals surface area contributed by atoms with Crippen LogP contribution in [0, 0.1) is 13.8 Å². The lowest BCUT2D eigenvalue weighted by molar-refractivity contribution is -0.133. The van der Waals surface area contributed by atoms with Crippen LogP contribution < -0.4 is 5.32 Å². The van der Waals surface area contributed by atoms with Gasteiger partial charge >= 0.3 is 0 Å². The lowest BCUT2D eigenvalue weighted by atomic mass is 10.1. The summed E-state index contributed by atoms with van der Waals surface area (Å²) in [7, 11) is 0. The van der Waals surface area contributed by atoms with Crippen molar-refractivity contribution in [3.05, 3.63) is 71.6 Å². The van der Waals surface area contributed by atoms with Crippen molar-refractivity contribution in [1.82, 2.24) is 9.88 Å². The Hall–Kier alpha value is -3.10. The minimum Gasteiger partial charge on any atom is -0.444 e. The summed E-state index contributed by atoms with van der Waals surface area (Å²) < 4.78 is 11.3. The minimum absolute atomic E-state index is 0.00521. The van der Waals surface area contributed by atoms with E-state index in [0.717, 1.165) is 40.9 Å². The molecule has 0 bridgehead atoms. The molecule has 4 rings (SSSR count). The van der Waals surface area contributed by atoms with Crippen LogP contribution in [-0.4, -0.2) is 53.3 Å². The van der Waals surface area contributed by atoms with Crippen LogP contribution in [0.2, 0.25) is 0 Å². The molecule has 7 nitrogen and oxygen atoms in total. The molecule has 8 heteroatoms. The van der Waals surface area contributed by atoms with Crippen LogP contribution in [0.15, 0.2) is 59.2 Å². The molecule has 1 unspecified atom stereocenters. The summed E-state index contributed by atoms with van der Waals surface area (Å²) in [6.45, 7) is 5.10. The van der Waals surface area contributed by atoms with Gasteiger partial charge in [0.1, 0.15) is 6.26 Å². The highest BCUT2D eigenvalue weighted by atomic mass is 32.2. The van der Waals surface area contributed by atoms with Gasteiger partial charge in [0.2, 0.25) is 17.7 Å². The first-order valence-corrected chi connectivity index (χ1v) is 13.0. The predicted molar refractivity (Wildman–Crippen MR) is 138 cm³/mol. The third kappa shape index (κ3) is 6.96. The molecule has 3 aromatic rings. The lowest BCUT2D eigenvalue weighted by Crippen LogP contribution is -2.43. The minimum atomic E-state index is -0.209. The average molecular weight is 494 g/mol. The molecule has 0 saturated carbocycles. The van der Waals surface area contributed by atoms with E-state index >= 15 is 0 Å². The second kappa shape index (κ2) is 12.0. The quantitative estimate of drug-likeness (QED) is 0.435. The van der Waals surface area contributed by atoms with Gasteiger partial charge < -0.3 is 19.4 Å². The molecule has 0 spiro atoms. The molecule has 1 aromatic heterocycles. The van der Waals surface area contributed by atoms with E-state index in [9.17, 15) is 9.59 Å². The molecule has 1 N–H and O–H groups in total. The summed E-state index contributed by atoms with van der Waals surface area (Å²) in [6, 6.07) is 15.5. The van der Waals surface area contributed by atoms with Gasteiger partial charge in [-0.3, -0.25) is 9.59 Å². The molecule has 1 fully saturated rings. The fourth-order valence-corrected chi connectivity index (χ4v) is 4.76. The Bertz CT molecular complexity index is 1140. The van der Waals surface area contributed by atoms with E-state index in [2.05, 4.69) is 10.3 Å². The van der Waals surface area contributed by atoms with Gasteiger partial charge in [-0.1, -0.05) is 30.3 Å². The molecule has 0 radical (unpaired) electrons. The number of thioether (sulfide) groups is 1. The maximum absolute atomic E-state index is 13.1. The fourth-order valence-electron chi connectivity index (χ4n) is 3.96. The highest BCUT2D eigenvalue weighted by Gasteiger charge is 2.24. The van der Waals surface area contributed by atoms with E-state index in [1.165, 1.54) is 11.8 Å². The third-order valence-electron chi connectivity index (χ3n) is 6.06. The zero-order valence-electron chi connectivity index (χ0n) is 20.2. The predicted octanol–water partition coefficient (Wildman–Crippen LogP) is 4.84. The zero-order chi connectivity index (χ0) is 24.6. The van der Waals surface area contributed by atoms with Gasteiger partial charge in [-0.05, 0) is 56.0 Å². The third-order valence-corrected chi connectivity index (χ3v) is 7.01. The summed E-state index contributed by atoms with van der Waals surface area (Å²) in [6.07, 6.45) is 3.48. The normalized spacial score (nSPS) is 15.2. The number of amides is 2. The van der Waals surface area contributed by atoms with Gasteiger partial charge in [0.25, 0.3) is 0 Å². The SMILES string of the molecule is Cc1cccc(NC(=O)CN(CC2CCCO2)C(=O)CSCc2coc(-c3ccccc3)n2)c1C. The number of nitrogens with zero attached hydrogens (tertiary/aromatic N) is 2. The van der Waals surface area contributed by atoms with E-state index in [1.807, 2.05) is 62.4 Å². The molecule has 1 aliphatic heterocycles. The van der Waals surface area contributed by atoms with Crippen LogP contribution in [0.3, 0.4) is 0 Å². The summed E-state index contributed by atoms with van der Waals surface area (Å²) >= 11 is 1.46. The maximum atomic E-state index is 13.1. The van der Waals surface area contributed by atoms with Crippen molar-refractivity contribution in [3.63, 3.8) is 0 Å². The van der Waals surface area contributed by atoms with Crippen molar-refractivity contribution in [1.29, 1.82) is 0 Å². The monoisotopic (exact) mass is 493 g/mol. The summed E-state index contributed by atoms with van der Waals surface area (Å²) in [4.78, 5) is 32.0. The van der Waals surface area contributed by atoms with Crippen LogP contribution in [0.1, 0.15) is 29.7 Å². The largest absolute Gasteiger partial charge is 0.444 e. The smallest absolute Gasteiger partial charge is 0.244 e. The molecule has 35 heavy (non-hydrogen) atoms. The molecule has 1 atom stereocenters. The zero-order valence-corrected chi connectivity index (χ0v) is 21.0. The molecule has 1 saturated heterocycles. The molecule has 2 heterocycles. The summed E-state index contributed by atoms with van der Waals surface area (Å²) in [5, 5.41) is 2.96. The molecule has 184 valence electrons. The number of oxazole rings is 1. The number of hydrogen-bond acceptors (Lipinski definition) is 6. The highest BCUT2D eigenvalue weighted by Crippen LogP contribution is 2.22. The van der Waals surface area contributed by atoms with Crippen molar-refractivity contribution in [2.45, 2.75) is 38.5 Å². The number of benzene rings is 2. The Balaban J connectivity index is 1.33. The van der Waals surface area contributed by atoms with Gasteiger partial charge in [-0.2, -0.15) is 0 Å². The van der Waals surface area contributed by atoms with E-state index in [4.69, 9.17) is 9.15 Å². The van der Waals surface area contributed by atoms with E-state index < -0.39 is 0 Å². The number of nitrogens with one attached hydrogen (secondary N) is 1. The van der Waals surface area contributed by atoms with Crippen molar-refractivity contribution < 1.29 is 18.7 Å². The first-order chi connectivity index (χ1) is 17.0. The van der Waals surface area contributed by atoms with E-state index in [1.54, 1.807) is 11.2 Å². The van der Waals surface area contributed by atoms with Gasteiger partial charge in [0, 0.05) is 30.2 Å². The average Bonchev–Trinajstić information content (AvgIpc) is 3.54. The molecule has 0 aliphatic carbocycles. The fraction of sp³-hybridized carbons (Fsp3) is 0.370. The Morgan fingerprint density at radius 2 is 1.97 bits per heavy atom. The number of anilines is 1. The van der Waals surface area contributed by atoms with Crippen molar-refractivity contribution in [3.8, 4) is 11.5 Å². The lowest BCUT2D eigenvalue weighted by Gasteiger charge is -2.25. The van der Waals surface area contributed by atoms with Crippen LogP contribution in [0.25, 0.3) is 11.5 Å². The van der Waals surface area contributed by atoms with Crippen molar-refractivity contribution in [2.75, 3.05) is 30.8 Å². The molecule has 1 aliphatic rings. The second-order valence-electron chi connectivity index (χ2n) is 8.71. The van der Waals surface area contributed by atoms with E-state index in [-0.39, 0.29) is 30.2 Å². The number of carbonyl (C=O) groups excluding carboxylic acids is 2. The first kappa shape index (κ1) is 25.0. The van der Waals surface area contributed by atoms with Crippen LogP contribution >= 0.6 is 11.8 Å². The molecular formula is C27H31N3O4S. The Morgan fingerprint density at radius 3 is 2.74 bits per heavy atom. The highest BCUT2D eigenvalue weighted by molar-refractivity contribution is 7.99. The summed E-state index contributed by atoms with van der Waals surface area (Å²) in [5.74, 6) is 1.06. The molecular weight excluding hydrogens is 462 g/mol. The van der Waals surface area contributed by atoms with Gasteiger partial charge in [0.05, 0.1) is 24.1 Å². The first-order valence-electron chi connectivity index (χ1n) is 11.8. The maximum Gasteiger partial charge on any atom is 0.244 e. The van der Waals surface area contributed by atoms with E-state index in [0.29, 0.717) is 24.8 Å². The Morgan fingerprint density at radius 1 is 1.14 bits per heavy atom. The number of carbonyl (C=O) groups is 2. The number of aryl methyl sites for hydroxylation is 1. The van der Waals surface area contributed by atoms with Gasteiger partial charge in [-0.25, -0.2) is 4.98 Å². The van der Waals surface area contributed by atoms with Crippen LogP contribution in [0.4, 0.5) is 5.69 Å². The van der Waals surface area contributed by atoms with Crippen LogP contribution in [-0.2, 0) is 20.1 Å². The second-order valence-corrected chi connectivity index (χ2v) is 9.69. The topological polar surface area (TPSA) is 84.7 Å². The van der Waals surface area contributed by atoms with Crippen molar-refractivity contribution >= 4 is 29.3 Å². The Labute approximate surface area is 210 Å². The number of ether oxygens (including phenoxy) is 1. The van der Waals surface area contributed by atoms with Crippen molar-refractivity contribution in [2.24, 2.45) is 0 Å². The number of hydrogen-bond donors (Lipinski definition) is 1.